The van der Waals surface area contributed by atoms with Gasteiger partial charge in [0.2, 0.25) is 0 Å². The molecule has 0 bridgehead atoms. The van der Waals surface area contributed by atoms with Crippen molar-refractivity contribution in [3.05, 3.63) is 95.6 Å². The van der Waals surface area contributed by atoms with Crippen LogP contribution in [0, 0.1) is 0 Å². The van der Waals surface area contributed by atoms with Crippen molar-refractivity contribution >= 4 is 34.8 Å². The first-order valence-corrected chi connectivity index (χ1v) is 12.2. The molecule has 5 rings (SSSR count). The molecule has 2 aromatic heterocycles. The van der Waals surface area contributed by atoms with Gasteiger partial charge < -0.3 is 13.7 Å². The molecule has 0 spiro atoms. The number of imide groups is 2. The lowest BCUT2D eigenvalue weighted by atomic mass is 10.1. The van der Waals surface area contributed by atoms with Crippen LogP contribution in [0.4, 0.5) is 4.79 Å². The lowest BCUT2D eigenvalue weighted by molar-refractivity contribution is -0.130. The molecule has 1 fully saturated rings. The number of furan rings is 1. The maximum atomic E-state index is 13.1. The Morgan fingerprint density at radius 1 is 1.00 bits per heavy atom. The van der Waals surface area contributed by atoms with Crippen molar-refractivity contribution in [2.45, 2.75) is 32.9 Å². The lowest BCUT2D eigenvalue weighted by Crippen LogP contribution is -2.53. The standard InChI is InChI=1S/C29H27N3O5/c1-2-20-10-12-22(13-11-20)36-16-6-14-31-18-21(24-8-3-4-9-26(24)31)17-25-27(33)30-29(35)32(28(25)34)19-23-7-5-15-37-23/h3-5,7-13,15,17-18H,2,6,14,16,19H2,1H3,(H,30,33,35). The fraction of sp³-hybridized carbons (Fsp3) is 0.207. The minimum absolute atomic E-state index is 0.0643. The van der Waals surface area contributed by atoms with Gasteiger partial charge in [-0.1, -0.05) is 37.3 Å². The topological polar surface area (TPSA) is 93.8 Å². The van der Waals surface area contributed by atoms with E-state index < -0.39 is 17.8 Å². The zero-order valence-electron chi connectivity index (χ0n) is 20.5. The number of urea groups is 1. The van der Waals surface area contributed by atoms with E-state index in [1.54, 1.807) is 18.2 Å². The average molecular weight is 498 g/mol. The van der Waals surface area contributed by atoms with Gasteiger partial charge in [-0.15, -0.1) is 0 Å². The molecular weight excluding hydrogens is 470 g/mol. The van der Waals surface area contributed by atoms with Crippen molar-refractivity contribution in [3.8, 4) is 5.75 Å². The van der Waals surface area contributed by atoms with Crippen LogP contribution < -0.4 is 10.1 Å². The van der Waals surface area contributed by atoms with Crippen LogP contribution in [0.5, 0.6) is 5.75 Å². The van der Waals surface area contributed by atoms with Crippen molar-refractivity contribution in [2.24, 2.45) is 0 Å². The Morgan fingerprint density at radius 3 is 2.57 bits per heavy atom. The highest BCUT2D eigenvalue weighted by molar-refractivity contribution is 6.31. The number of fused-ring (bicyclic) bond motifs is 1. The van der Waals surface area contributed by atoms with Gasteiger partial charge in [-0.05, 0) is 54.8 Å². The van der Waals surface area contributed by atoms with Gasteiger partial charge in [0.1, 0.15) is 17.1 Å². The predicted molar refractivity (Wildman–Crippen MR) is 139 cm³/mol. The van der Waals surface area contributed by atoms with Crippen LogP contribution in [-0.4, -0.2) is 33.9 Å². The zero-order valence-corrected chi connectivity index (χ0v) is 20.5. The maximum absolute atomic E-state index is 13.1. The number of nitrogens with one attached hydrogen (secondary N) is 1. The van der Waals surface area contributed by atoms with E-state index in [4.69, 9.17) is 9.15 Å². The molecule has 0 unspecified atom stereocenters. The summed E-state index contributed by atoms with van der Waals surface area (Å²) in [5, 5.41) is 3.16. The highest BCUT2D eigenvalue weighted by atomic mass is 16.5. The Balaban J connectivity index is 1.34. The monoisotopic (exact) mass is 497 g/mol. The number of para-hydroxylation sites is 1. The largest absolute Gasteiger partial charge is 0.494 e. The van der Waals surface area contributed by atoms with Crippen LogP contribution in [0.25, 0.3) is 17.0 Å². The molecule has 1 aliphatic heterocycles. The molecule has 4 amide bonds. The number of benzene rings is 2. The number of barbiturate groups is 1. The van der Waals surface area contributed by atoms with Crippen molar-refractivity contribution in [1.29, 1.82) is 0 Å². The summed E-state index contributed by atoms with van der Waals surface area (Å²) in [6.45, 7) is 3.30. The maximum Gasteiger partial charge on any atom is 0.331 e. The minimum Gasteiger partial charge on any atom is -0.494 e. The molecule has 188 valence electrons. The van der Waals surface area contributed by atoms with Gasteiger partial charge in [-0.25, -0.2) is 4.79 Å². The van der Waals surface area contributed by atoms with Crippen LogP contribution in [0.1, 0.15) is 30.2 Å². The first-order chi connectivity index (χ1) is 18.0. The molecule has 0 atom stereocenters. The van der Waals surface area contributed by atoms with Gasteiger partial charge in [-0.2, -0.15) is 0 Å². The molecule has 8 nitrogen and oxygen atoms in total. The van der Waals surface area contributed by atoms with E-state index in [0.29, 0.717) is 18.9 Å². The van der Waals surface area contributed by atoms with Gasteiger partial charge in [-0.3, -0.25) is 19.8 Å². The first-order valence-electron chi connectivity index (χ1n) is 12.2. The molecule has 1 N–H and O–H groups in total. The van der Waals surface area contributed by atoms with E-state index in [9.17, 15) is 14.4 Å². The summed E-state index contributed by atoms with van der Waals surface area (Å²) >= 11 is 0. The summed E-state index contributed by atoms with van der Waals surface area (Å²) < 4.78 is 13.2. The van der Waals surface area contributed by atoms with Gasteiger partial charge in [0, 0.05) is 29.2 Å². The van der Waals surface area contributed by atoms with Crippen molar-refractivity contribution in [3.63, 3.8) is 0 Å². The normalized spacial score (nSPS) is 15.0. The quantitative estimate of drug-likeness (QED) is 0.201. The molecule has 0 radical (unpaired) electrons. The second-order valence-corrected chi connectivity index (χ2v) is 8.78. The number of aromatic nitrogens is 1. The van der Waals surface area contributed by atoms with Crippen molar-refractivity contribution in [1.82, 2.24) is 14.8 Å². The van der Waals surface area contributed by atoms with E-state index in [0.717, 1.165) is 40.0 Å². The highest BCUT2D eigenvalue weighted by Gasteiger charge is 2.36. The van der Waals surface area contributed by atoms with Gasteiger partial charge >= 0.3 is 6.03 Å². The van der Waals surface area contributed by atoms with Crippen molar-refractivity contribution < 1.29 is 23.5 Å². The number of aryl methyl sites for hydroxylation is 2. The van der Waals surface area contributed by atoms with E-state index in [1.165, 1.54) is 11.8 Å². The number of hydrogen-bond donors (Lipinski definition) is 1. The zero-order chi connectivity index (χ0) is 25.8. The van der Waals surface area contributed by atoms with E-state index in [-0.39, 0.29) is 12.1 Å². The number of nitrogens with zero attached hydrogens (tertiary/aromatic N) is 2. The Bertz CT molecular complexity index is 1470. The number of ether oxygens (including phenoxy) is 1. The Labute approximate surface area is 214 Å². The minimum atomic E-state index is -0.768. The summed E-state index contributed by atoms with van der Waals surface area (Å²) in [5.74, 6) is -0.0951. The van der Waals surface area contributed by atoms with Crippen LogP contribution in [0.2, 0.25) is 0 Å². The third-order valence-electron chi connectivity index (χ3n) is 6.34. The van der Waals surface area contributed by atoms with Gasteiger partial charge in [0.25, 0.3) is 11.8 Å². The number of carbonyl (C=O) groups is 3. The summed E-state index contributed by atoms with van der Waals surface area (Å²) in [6, 6.07) is 18.5. The molecule has 3 heterocycles. The SMILES string of the molecule is CCc1ccc(OCCCn2cc(C=C3C(=O)NC(=O)N(Cc4ccco4)C3=O)c3ccccc32)cc1. The average Bonchev–Trinajstić information content (AvgIpc) is 3.55. The fourth-order valence-electron chi connectivity index (χ4n) is 4.37. The van der Waals surface area contributed by atoms with Crippen LogP contribution in [0.15, 0.2) is 83.1 Å². The third kappa shape index (κ3) is 5.18. The molecule has 0 aliphatic carbocycles. The van der Waals surface area contributed by atoms with E-state index in [2.05, 4.69) is 28.9 Å². The molecule has 1 aliphatic rings. The summed E-state index contributed by atoms with van der Waals surface area (Å²) in [5.41, 5.74) is 2.87. The molecule has 1 saturated heterocycles. The van der Waals surface area contributed by atoms with Crippen LogP contribution in [-0.2, 0) is 29.1 Å². The highest BCUT2D eigenvalue weighted by Crippen LogP contribution is 2.26. The lowest BCUT2D eigenvalue weighted by Gasteiger charge is -2.25. The Hall–Kier alpha value is -4.59. The van der Waals surface area contributed by atoms with E-state index >= 15 is 0 Å². The number of amides is 4. The summed E-state index contributed by atoms with van der Waals surface area (Å²) in [4.78, 5) is 39.0. The molecular formula is C29H27N3O5. The Kier molecular flexibility index (Phi) is 6.89. The second kappa shape index (κ2) is 10.6. The number of carbonyl (C=O) groups excluding carboxylic acids is 3. The van der Waals surface area contributed by atoms with Gasteiger partial charge in [0.05, 0.1) is 19.4 Å². The number of rotatable bonds is 9. The molecule has 0 saturated carbocycles. The van der Waals surface area contributed by atoms with E-state index in [1.807, 2.05) is 42.6 Å². The summed E-state index contributed by atoms with van der Waals surface area (Å²) in [6.07, 6.45) is 6.69. The first kappa shape index (κ1) is 24.1. The molecule has 4 aromatic rings. The van der Waals surface area contributed by atoms with Gasteiger partial charge in [0.15, 0.2) is 0 Å². The smallest absolute Gasteiger partial charge is 0.331 e. The Morgan fingerprint density at radius 2 is 1.81 bits per heavy atom. The fourth-order valence-corrected chi connectivity index (χ4v) is 4.37. The second-order valence-electron chi connectivity index (χ2n) is 8.78. The molecule has 2 aromatic carbocycles. The number of hydrogen-bond acceptors (Lipinski definition) is 5. The summed E-state index contributed by atoms with van der Waals surface area (Å²) in [7, 11) is 0. The van der Waals surface area contributed by atoms with Crippen molar-refractivity contribution in [2.75, 3.05) is 6.61 Å². The van der Waals surface area contributed by atoms with Crippen LogP contribution >= 0.6 is 0 Å². The third-order valence-corrected chi connectivity index (χ3v) is 6.34. The molecule has 37 heavy (non-hydrogen) atoms. The van der Waals surface area contributed by atoms with Crippen LogP contribution in [0.3, 0.4) is 0 Å². The molecule has 8 heteroatoms. The predicted octanol–water partition coefficient (Wildman–Crippen LogP) is 4.93.